The van der Waals surface area contributed by atoms with Crippen molar-refractivity contribution in [1.82, 2.24) is 0 Å². The molecule has 15 heavy (non-hydrogen) atoms. The summed E-state index contributed by atoms with van der Waals surface area (Å²) in [6.07, 6.45) is 2.20. The smallest absolute Gasteiger partial charge is 0.119 e. The Hall–Kier alpha value is -1.28. The molecule has 0 saturated carbocycles. The lowest BCUT2D eigenvalue weighted by molar-refractivity contribution is 0.414. The second-order valence-corrected chi connectivity index (χ2v) is 4.46. The fraction of sp³-hybridized carbons (Fsp3) is 0.231. The number of methoxy groups -OCH3 is 1. The minimum atomic E-state index is 0.943. The van der Waals surface area contributed by atoms with E-state index in [1.807, 2.05) is 23.5 Å². The highest BCUT2D eigenvalue weighted by Crippen LogP contribution is 2.16. The standard InChI is InChI=1S/C13H14OS/c1-14-12-5-2-4-11(10-12)7-8-13-6-3-9-15-13/h2-6,9-10H,7-8H2,1H3. The number of aryl methyl sites for hydroxylation is 2. The highest BCUT2D eigenvalue weighted by molar-refractivity contribution is 7.09. The third-order valence-electron chi connectivity index (χ3n) is 2.37. The molecule has 0 fully saturated rings. The van der Waals surface area contributed by atoms with Crippen LogP contribution >= 0.6 is 11.3 Å². The lowest BCUT2D eigenvalue weighted by Gasteiger charge is -2.03. The van der Waals surface area contributed by atoms with Crippen LogP contribution in [0, 0.1) is 0 Å². The zero-order valence-electron chi connectivity index (χ0n) is 8.77. The molecule has 1 aromatic carbocycles. The molecule has 0 unspecified atom stereocenters. The molecule has 0 spiro atoms. The van der Waals surface area contributed by atoms with Crippen molar-refractivity contribution in [1.29, 1.82) is 0 Å². The first-order chi connectivity index (χ1) is 7.38. The molecule has 0 bridgehead atoms. The van der Waals surface area contributed by atoms with Crippen LogP contribution in [0.4, 0.5) is 0 Å². The van der Waals surface area contributed by atoms with Crippen molar-refractivity contribution in [3.63, 3.8) is 0 Å². The Kier molecular flexibility index (Phi) is 3.41. The van der Waals surface area contributed by atoms with Crippen LogP contribution in [-0.4, -0.2) is 7.11 Å². The van der Waals surface area contributed by atoms with Crippen LogP contribution < -0.4 is 4.74 Å². The van der Waals surface area contributed by atoms with E-state index < -0.39 is 0 Å². The maximum Gasteiger partial charge on any atom is 0.119 e. The van der Waals surface area contributed by atoms with Crippen molar-refractivity contribution in [3.05, 3.63) is 52.2 Å². The molecule has 0 atom stereocenters. The van der Waals surface area contributed by atoms with E-state index in [4.69, 9.17) is 4.74 Å². The van der Waals surface area contributed by atoms with Crippen LogP contribution in [0.5, 0.6) is 5.75 Å². The summed E-state index contributed by atoms with van der Waals surface area (Å²) in [6, 6.07) is 12.6. The predicted molar refractivity (Wildman–Crippen MR) is 64.7 cm³/mol. The maximum atomic E-state index is 5.19. The van der Waals surface area contributed by atoms with Crippen molar-refractivity contribution < 1.29 is 4.74 Å². The summed E-state index contributed by atoms with van der Waals surface area (Å²) >= 11 is 1.82. The zero-order chi connectivity index (χ0) is 10.5. The lowest BCUT2D eigenvalue weighted by atomic mass is 10.1. The molecule has 0 amide bonds. The van der Waals surface area contributed by atoms with Crippen LogP contribution in [0.3, 0.4) is 0 Å². The van der Waals surface area contributed by atoms with Crippen LogP contribution in [0.1, 0.15) is 10.4 Å². The molecule has 0 aliphatic rings. The normalized spacial score (nSPS) is 10.2. The molecule has 1 aromatic heterocycles. The third-order valence-corrected chi connectivity index (χ3v) is 3.31. The molecule has 2 heteroatoms. The Morgan fingerprint density at radius 2 is 2.07 bits per heavy atom. The fourth-order valence-electron chi connectivity index (χ4n) is 1.55. The Bertz CT molecular complexity index is 406. The molecular formula is C13H14OS. The summed E-state index contributed by atoms with van der Waals surface area (Å²) in [7, 11) is 1.71. The monoisotopic (exact) mass is 218 g/mol. The molecule has 2 aromatic rings. The van der Waals surface area contributed by atoms with Crippen LogP contribution in [0.15, 0.2) is 41.8 Å². The third kappa shape index (κ3) is 2.83. The topological polar surface area (TPSA) is 9.23 Å². The van der Waals surface area contributed by atoms with E-state index in [1.54, 1.807) is 7.11 Å². The van der Waals surface area contributed by atoms with Gasteiger partial charge in [0.2, 0.25) is 0 Å². The van der Waals surface area contributed by atoms with Gasteiger partial charge in [-0.1, -0.05) is 18.2 Å². The fourth-order valence-corrected chi connectivity index (χ4v) is 2.26. The van der Waals surface area contributed by atoms with E-state index in [9.17, 15) is 0 Å². The van der Waals surface area contributed by atoms with Crippen molar-refractivity contribution in [2.75, 3.05) is 7.11 Å². The highest BCUT2D eigenvalue weighted by Gasteiger charge is 1.98. The molecule has 0 saturated heterocycles. The van der Waals surface area contributed by atoms with Gasteiger partial charge >= 0.3 is 0 Å². The quantitative estimate of drug-likeness (QED) is 0.762. The number of rotatable bonds is 4. The minimum Gasteiger partial charge on any atom is -0.497 e. The van der Waals surface area contributed by atoms with Gasteiger partial charge in [-0.05, 0) is 42.0 Å². The number of hydrogen-bond donors (Lipinski definition) is 0. The van der Waals surface area contributed by atoms with Crippen LogP contribution in [-0.2, 0) is 12.8 Å². The Balaban J connectivity index is 1.98. The highest BCUT2D eigenvalue weighted by atomic mass is 32.1. The number of benzene rings is 1. The predicted octanol–water partition coefficient (Wildman–Crippen LogP) is 3.54. The zero-order valence-corrected chi connectivity index (χ0v) is 9.59. The summed E-state index contributed by atoms with van der Waals surface area (Å²) < 4.78 is 5.19. The van der Waals surface area contributed by atoms with Gasteiger partial charge in [0.15, 0.2) is 0 Å². The minimum absolute atomic E-state index is 0.943. The van der Waals surface area contributed by atoms with Gasteiger partial charge in [-0.15, -0.1) is 11.3 Å². The van der Waals surface area contributed by atoms with Crippen molar-refractivity contribution in [2.45, 2.75) is 12.8 Å². The van der Waals surface area contributed by atoms with Gasteiger partial charge in [0, 0.05) is 4.88 Å². The molecule has 0 N–H and O–H groups in total. The van der Waals surface area contributed by atoms with Gasteiger partial charge in [0.25, 0.3) is 0 Å². The second-order valence-electron chi connectivity index (χ2n) is 3.43. The Morgan fingerprint density at radius 1 is 1.13 bits per heavy atom. The van der Waals surface area contributed by atoms with Gasteiger partial charge in [0.1, 0.15) is 5.75 Å². The molecule has 78 valence electrons. The van der Waals surface area contributed by atoms with Crippen molar-refractivity contribution in [2.24, 2.45) is 0 Å². The van der Waals surface area contributed by atoms with E-state index in [0.717, 1.165) is 18.6 Å². The molecule has 1 heterocycles. The number of thiophene rings is 1. The summed E-state index contributed by atoms with van der Waals surface area (Å²) in [5.41, 5.74) is 1.34. The summed E-state index contributed by atoms with van der Waals surface area (Å²) in [5, 5.41) is 2.13. The summed E-state index contributed by atoms with van der Waals surface area (Å²) in [6.45, 7) is 0. The van der Waals surface area contributed by atoms with Crippen LogP contribution in [0.2, 0.25) is 0 Å². The van der Waals surface area contributed by atoms with Gasteiger partial charge in [-0.25, -0.2) is 0 Å². The largest absolute Gasteiger partial charge is 0.497 e. The molecule has 0 aliphatic heterocycles. The molecule has 0 aliphatic carbocycles. The maximum absolute atomic E-state index is 5.19. The molecule has 1 nitrogen and oxygen atoms in total. The summed E-state index contributed by atoms with van der Waals surface area (Å²) in [5.74, 6) is 0.943. The summed E-state index contributed by atoms with van der Waals surface area (Å²) in [4.78, 5) is 1.44. The van der Waals surface area contributed by atoms with E-state index in [-0.39, 0.29) is 0 Å². The van der Waals surface area contributed by atoms with Crippen molar-refractivity contribution >= 4 is 11.3 Å². The van der Waals surface area contributed by atoms with Gasteiger partial charge in [-0.2, -0.15) is 0 Å². The Morgan fingerprint density at radius 3 is 2.80 bits per heavy atom. The first kappa shape index (κ1) is 10.2. The van der Waals surface area contributed by atoms with Crippen LogP contribution in [0.25, 0.3) is 0 Å². The van der Waals surface area contributed by atoms with E-state index in [2.05, 4.69) is 29.6 Å². The Labute approximate surface area is 94.3 Å². The van der Waals surface area contributed by atoms with Crippen molar-refractivity contribution in [3.8, 4) is 5.75 Å². The number of hydrogen-bond acceptors (Lipinski definition) is 2. The van der Waals surface area contributed by atoms with E-state index >= 15 is 0 Å². The van der Waals surface area contributed by atoms with Gasteiger partial charge in [-0.3, -0.25) is 0 Å². The lowest BCUT2D eigenvalue weighted by Crippen LogP contribution is -1.90. The molecular weight excluding hydrogens is 204 g/mol. The average molecular weight is 218 g/mol. The van der Waals surface area contributed by atoms with Gasteiger partial charge < -0.3 is 4.74 Å². The molecule has 2 rings (SSSR count). The molecule has 0 radical (unpaired) electrons. The first-order valence-corrected chi connectivity index (χ1v) is 5.92. The average Bonchev–Trinajstić information content (AvgIpc) is 2.79. The second kappa shape index (κ2) is 4.99. The number of ether oxygens (including phenoxy) is 1. The van der Waals surface area contributed by atoms with E-state index in [1.165, 1.54) is 10.4 Å². The SMILES string of the molecule is COc1cccc(CCc2cccs2)c1. The van der Waals surface area contributed by atoms with E-state index in [0.29, 0.717) is 0 Å². The van der Waals surface area contributed by atoms with Gasteiger partial charge in [0.05, 0.1) is 7.11 Å². The first-order valence-electron chi connectivity index (χ1n) is 5.04.